The fourth-order valence-electron chi connectivity index (χ4n) is 5.80. The molecule has 0 saturated carbocycles. The third-order valence-corrected chi connectivity index (χ3v) is 10.3. The van der Waals surface area contributed by atoms with E-state index < -0.39 is 16.1 Å². The summed E-state index contributed by atoms with van der Waals surface area (Å²) < 4.78 is 38.6. The van der Waals surface area contributed by atoms with Crippen LogP contribution < -0.4 is 10.1 Å². The molecule has 0 aromatic heterocycles. The van der Waals surface area contributed by atoms with Crippen LogP contribution in [0.15, 0.2) is 101 Å². The molecule has 5 rings (SSSR count). The maximum atomic E-state index is 13.9. The molecule has 9 nitrogen and oxygen atoms in total. The zero-order chi connectivity index (χ0) is 32.2. The summed E-state index contributed by atoms with van der Waals surface area (Å²) in [5, 5.41) is 3.11. The van der Waals surface area contributed by atoms with Crippen LogP contribution in [-0.4, -0.2) is 74.9 Å². The molecule has 1 aliphatic carbocycles. The van der Waals surface area contributed by atoms with Gasteiger partial charge in [0, 0.05) is 32.6 Å². The number of rotatable bonds is 14. The summed E-state index contributed by atoms with van der Waals surface area (Å²) >= 11 is 0. The van der Waals surface area contributed by atoms with Crippen molar-refractivity contribution in [2.24, 2.45) is 0 Å². The van der Waals surface area contributed by atoms with Gasteiger partial charge in [-0.05, 0) is 67.5 Å². The van der Waals surface area contributed by atoms with Crippen LogP contribution >= 0.6 is 0 Å². The Morgan fingerprint density at radius 2 is 1.57 bits per heavy atom. The molecule has 1 heterocycles. The van der Waals surface area contributed by atoms with Gasteiger partial charge in [-0.2, -0.15) is 4.31 Å². The zero-order valence-electron chi connectivity index (χ0n) is 26.2. The molecule has 0 bridgehead atoms. The maximum absolute atomic E-state index is 13.9. The van der Waals surface area contributed by atoms with E-state index in [1.807, 2.05) is 60.7 Å². The molecule has 1 aliphatic heterocycles. The van der Waals surface area contributed by atoms with Gasteiger partial charge in [-0.1, -0.05) is 72.3 Å². The summed E-state index contributed by atoms with van der Waals surface area (Å²) in [6.45, 7) is 1.78. The van der Waals surface area contributed by atoms with Crippen LogP contribution in [0.2, 0.25) is 0 Å². The zero-order valence-corrected chi connectivity index (χ0v) is 27.0. The number of morpholine rings is 1. The van der Waals surface area contributed by atoms with E-state index in [1.54, 1.807) is 17.0 Å². The van der Waals surface area contributed by atoms with E-state index in [-0.39, 0.29) is 29.9 Å². The second kappa shape index (κ2) is 16.5. The minimum absolute atomic E-state index is 0.155. The Labute approximate surface area is 272 Å². The smallest absolute Gasteiger partial charge is 0.261 e. The standard InChI is InChI=1S/C36H43N3O6S/c40-35(28-45-32-16-18-33(19-17-32)46(42,43)38-22-24-44-25-23-38)39(27-31-14-8-3-9-15-31)34(26-30-12-6-2-7-13-30)36(41)37-21-20-29-10-4-1-5-11-29/h2-3,6-10,12-19,34H,1,4-5,11,20-28H2,(H,37,41). The molecule has 0 spiro atoms. The van der Waals surface area contributed by atoms with E-state index in [0.717, 1.165) is 30.4 Å². The Morgan fingerprint density at radius 3 is 2.22 bits per heavy atom. The number of carbonyl (C=O) groups is 2. The number of ether oxygens (including phenoxy) is 2. The lowest BCUT2D eigenvalue weighted by atomic mass is 9.97. The van der Waals surface area contributed by atoms with E-state index in [1.165, 1.54) is 34.9 Å². The van der Waals surface area contributed by atoms with Crippen molar-refractivity contribution < 1.29 is 27.5 Å². The highest BCUT2D eigenvalue weighted by Crippen LogP contribution is 2.22. The normalized spacial score (nSPS) is 16.2. The van der Waals surface area contributed by atoms with Gasteiger partial charge in [-0.3, -0.25) is 9.59 Å². The number of sulfonamides is 1. The number of hydrogen-bond donors (Lipinski definition) is 1. The van der Waals surface area contributed by atoms with Crippen molar-refractivity contribution >= 4 is 21.8 Å². The highest BCUT2D eigenvalue weighted by atomic mass is 32.2. The van der Waals surface area contributed by atoms with Gasteiger partial charge in [0.2, 0.25) is 15.9 Å². The first kappa shape index (κ1) is 33.4. The molecule has 3 aromatic carbocycles. The third kappa shape index (κ3) is 9.28. The number of hydrogen-bond acceptors (Lipinski definition) is 6. The summed E-state index contributed by atoms with van der Waals surface area (Å²) in [5.41, 5.74) is 3.22. The van der Waals surface area contributed by atoms with Gasteiger partial charge < -0.3 is 19.7 Å². The van der Waals surface area contributed by atoms with E-state index in [4.69, 9.17) is 9.47 Å². The molecular weight excluding hydrogens is 602 g/mol. The lowest BCUT2D eigenvalue weighted by Crippen LogP contribution is -2.51. The number of nitrogens with zero attached hydrogens (tertiary/aromatic N) is 2. The second-order valence-electron chi connectivity index (χ2n) is 11.6. The minimum Gasteiger partial charge on any atom is -0.484 e. The van der Waals surface area contributed by atoms with Crippen molar-refractivity contribution in [1.82, 2.24) is 14.5 Å². The van der Waals surface area contributed by atoms with Gasteiger partial charge >= 0.3 is 0 Å². The molecule has 2 aliphatic rings. The molecule has 1 saturated heterocycles. The van der Waals surface area contributed by atoms with Crippen LogP contribution in [0.3, 0.4) is 0 Å². The maximum Gasteiger partial charge on any atom is 0.261 e. The summed E-state index contributed by atoms with van der Waals surface area (Å²) in [5.74, 6) is -0.194. The minimum atomic E-state index is -3.65. The monoisotopic (exact) mass is 645 g/mol. The van der Waals surface area contributed by atoms with Crippen LogP contribution in [0.1, 0.15) is 43.2 Å². The Balaban J connectivity index is 1.31. The number of allylic oxidation sites excluding steroid dienone is 1. The average molecular weight is 646 g/mol. The topological polar surface area (TPSA) is 105 Å². The highest BCUT2D eigenvalue weighted by Gasteiger charge is 2.31. The van der Waals surface area contributed by atoms with Gasteiger partial charge in [0.15, 0.2) is 6.61 Å². The first-order valence-electron chi connectivity index (χ1n) is 16.0. The Bertz CT molecular complexity index is 1560. The van der Waals surface area contributed by atoms with Crippen LogP contribution in [0, 0.1) is 0 Å². The molecule has 1 N–H and O–H groups in total. The summed E-state index contributed by atoms with van der Waals surface area (Å²) in [6.07, 6.45) is 7.99. The summed E-state index contributed by atoms with van der Waals surface area (Å²) in [7, 11) is -3.65. The number of carbonyl (C=O) groups excluding carboxylic acids is 2. The van der Waals surface area contributed by atoms with Crippen molar-refractivity contribution in [3.05, 3.63) is 108 Å². The Kier molecular flexibility index (Phi) is 12.0. The Morgan fingerprint density at radius 1 is 0.891 bits per heavy atom. The first-order chi connectivity index (χ1) is 22.4. The SMILES string of the molecule is O=C(NCCC1=CCCCC1)C(Cc1ccccc1)N(Cc1ccccc1)C(=O)COc1ccc(S(=O)(=O)N2CCOCC2)cc1. The van der Waals surface area contributed by atoms with Crippen LogP contribution in [0.5, 0.6) is 5.75 Å². The number of amides is 2. The largest absolute Gasteiger partial charge is 0.484 e. The van der Waals surface area contributed by atoms with Gasteiger partial charge in [0.1, 0.15) is 11.8 Å². The fourth-order valence-corrected chi connectivity index (χ4v) is 7.21. The average Bonchev–Trinajstić information content (AvgIpc) is 3.10. The number of benzene rings is 3. The molecule has 1 atom stereocenters. The third-order valence-electron chi connectivity index (χ3n) is 8.39. The predicted octanol–water partition coefficient (Wildman–Crippen LogP) is 4.73. The quantitative estimate of drug-likeness (QED) is 0.254. The second-order valence-corrected chi connectivity index (χ2v) is 13.6. The molecule has 10 heteroatoms. The molecule has 1 fully saturated rings. The first-order valence-corrected chi connectivity index (χ1v) is 17.5. The van der Waals surface area contributed by atoms with E-state index >= 15 is 0 Å². The van der Waals surface area contributed by atoms with Crippen molar-refractivity contribution in [3.8, 4) is 5.75 Å². The lowest BCUT2D eigenvalue weighted by molar-refractivity contribution is -0.142. The molecule has 2 amide bonds. The molecule has 1 unspecified atom stereocenters. The van der Waals surface area contributed by atoms with Gasteiger partial charge in [0.25, 0.3) is 5.91 Å². The lowest BCUT2D eigenvalue weighted by Gasteiger charge is -2.31. The van der Waals surface area contributed by atoms with Crippen LogP contribution in [-0.2, 0) is 37.3 Å². The van der Waals surface area contributed by atoms with Crippen molar-refractivity contribution in [2.75, 3.05) is 39.5 Å². The highest BCUT2D eigenvalue weighted by molar-refractivity contribution is 7.89. The van der Waals surface area contributed by atoms with Crippen LogP contribution in [0.4, 0.5) is 0 Å². The molecule has 3 aromatic rings. The predicted molar refractivity (Wildman–Crippen MR) is 177 cm³/mol. The summed E-state index contributed by atoms with van der Waals surface area (Å²) in [6, 6.07) is 24.6. The van der Waals surface area contributed by atoms with Crippen molar-refractivity contribution in [2.45, 2.75) is 56.0 Å². The summed E-state index contributed by atoms with van der Waals surface area (Å²) in [4.78, 5) is 29.5. The van der Waals surface area contributed by atoms with Gasteiger partial charge in [-0.15, -0.1) is 0 Å². The van der Waals surface area contributed by atoms with E-state index in [9.17, 15) is 18.0 Å². The molecule has 0 radical (unpaired) electrons. The number of nitrogens with one attached hydrogen (secondary N) is 1. The van der Waals surface area contributed by atoms with Crippen molar-refractivity contribution in [1.29, 1.82) is 0 Å². The van der Waals surface area contributed by atoms with E-state index in [2.05, 4.69) is 11.4 Å². The Hall–Kier alpha value is -3.99. The van der Waals surface area contributed by atoms with Gasteiger partial charge in [-0.25, -0.2) is 8.42 Å². The fraction of sp³-hybridized carbons (Fsp3) is 0.389. The van der Waals surface area contributed by atoms with Crippen LogP contribution in [0.25, 0.3) is 0 Å². The van der Waals surface area contributed by atoms with E-state index in [0.29, 0.717) is 45.0 Å². The van der Waals surface area contributed by atoms with Gasteiger partial charge in [0.05, 0.1) is 18.1 Å². The molecule has 46 heavy (non-hydrogen) atoms. The van der Waals surface area contributed by atoms with Crippen molar-refractivity contribution in [3.63, 3.8) is 0 Å². The molecular formula is C36H43N3O6S. The molecule has 244 valence electrons.